The summed E-state index contributed by atoms with van der Waals surface area (Å²) in [7, 11) is -19.0. The minimum atomic E-state index is -3.33. The second-order valence-corrected chi connectivity index (χ2v) is 49.3. The van der Waals surface area contributed by atoms with E-state index >= 15 is 0 Å². The first kappa shape index (κ1) is 52.4. The van der Waals surface area contributed by atoms with Gasteiger partial charge in [-0.2, -0.15) is 0 Å². The van der Waals surface area contributed by atoms with Crippen LogP contribution in [0.3, 0.4) is 0 Å². The van der Waals surface area contributed by atoms with Crippen molar-refractivity contribution in [3.05, 3.63) is 243 Å². The van der Waals surface area contributed by atoms with Gasteiger partial charge in [-0.15, -0.1) is 0 Å². The fourth-order valence-corrected chi connectivity index (χ4v) is 47.1. The van der Waals surface area contributed by atoms with Gasteiger partial charge in [-0.3, -0.25) is 0 Å². The van der Waals surface area contributed by atoms with Crippen molar-refractivity contribution < 1.29 is 16.5 Å². The molecule has 0 aliphatic carbocycles. The highest BCUT2D eigenvalue weighted by Gasteiger charge is 2.53. The van der Waals surface area contributed by atoms with Gasteiger partial charge in [0, 0.05) is 0 Å². The van der Waals surface area contributed by atoms with Gasteiger partial charge in [0.25, 0.3) is 16.6 Å². The number of rotatable bonds is 22. The average molecular weight is 1050 g/mol. The molecule has 0 atom stereocenters. The van der Waals surface area contributed by atoms with E-state index in [1.807, 2.05) is 0 Å². The Labute approximate surface area is 432 Å². The molecule has 0 aliphatic heterocycles. The van der Waals surface area contributed by atoms with Crippen molar-refractivity contribution in [1.29, 1.82) is 0 Å². The minimum absolute atomic E-state index is 0.952. The first-order valence-corrected chi connectivity index (χ1v) is 43.4. The Morgan fingerprint density at radius 3 is 0.549 bits per heavy atom. The van der Waals surface area contributed by atoms with Gasteiger partial charge in [-0.25, -0.2) is 0 Å². The van der Waals surface area contributed by atoms with Crippen molar-refractivity contribution in [1.82, 2.24) is 0 Å². The third-order valence-corrected chi connectivity index (χ3v) is 43.2. The summed E-state index contributed by atoms with van der Waals surface area (Å²) in [6, 6.07) is 91.8. The lowest BCUT2D eigenvalue weighted by molar-refractivity contribution is 0.406. The highest BCUT2D eigenvalue weighted by Crippen LogP contribution is 2.32. The molecule has 71 heavy (non-hydrogen) atoms. The summed E-state index contributed by atoms with van der Waals surface area (Å²) in [4.78, 5) is 0. The van der Waals surface area contributed by atoms with Gasteiger partial charge in [0.15, 0.2) is 33.3 Å². The van der Waals surface area contributed by atoms with Gasteiger partial charge in [0.1, 0.15) is 0 Å². The fourth-order valence-electron chi connectivity index (χ4n) is 10.1. The Balaban J connectivity index is 1.11. The number of hydrogen-bond donors (Lipinski definition) is 0. The van der Waals surface area contributed by atoms with E-state index in [-0.39, 0.29) is 0 Å². The normalized spacial score (nSPS) is 13.0. The van der Waals surface area contributed by atoms with E-state index in [1.54, 1.807) is 0 Å². The van der Waals surface area contributed by atoms with Crippen LogP contribution in [-0.2, 0) is 16.5 Å². The van der Waals surface area contributed by atoms with Crippen molar-refractivity contribution in [2.45, 2.75) is 76.6 Å². The van der Waals surface area contributed by atoms with Crippen molar-refractivity contribution in [2.24, 2.45) is 0 Å². The summed E-state index contributed by atoms with van der Waals surface area (Å²) in [5, 5.41) is 9.98. The summed E-state index contributed by atoms with van der Waals surface area (Å²) in [6.45, 7) is 19.4. The molecule has 364 valence electrons. The molecule has 8 aromatic carbocycles. The van der Waals surface area contributed by atoms with Crippen LogP contribution < -0.4 is 41.5 Å². The first-order valence-electron chi connectivity index (χ1n) is 25.3. The molecule has 8 aromatic rings. The molecule has 0 saturated heterocycles. The van der Waals surface area contributed by atoms with E-state index in [1.165, 1.54) is 41.5 Å². The Morgan fingerprint density at radius 1 is 0.211 bits per heavy atom. The van der Waals surface area contributed by atoms with Crippen LogP contribution in [0.25, 0.3) is 0 Å². The van der Waals surface area contributed by atoms with Crippen molar-refractivity contribution in [3.63, 3.8) is 0 Å². The van der Waals surface area contributed by atoms with Gasteiger partial charge >= 0.3 is 8.56 Å². The molecule has 0 saturated carbocycles. The van der Waals surface area contributed by atoms with Crippen LogP contribution in [0.15, 0.2) is 243 Å². The quantitative estimate of drug-likeness (QED) is 0.0501. The Bertz CT molecular complexity index is 2470. The lowest BCUT2D eigenvalue weighted by atomic mass is 10.3. The molecular weight excluding hydrogens is 981 g/mol. The van der Waals surface area contributed by atoms with Crippen LogP contribution in [0.2, 0.25) is 76.6 Å². The minimum Gasteiger partial charge on any atom is -0.446 e. The third-order valence-electron chi connectivity index (χ3n) is 13.7. The molecule has 0 N–H and O–H groups in total. The molecule has 0 aliphatic rings. The maximum absolute atomic E-state index is 8.05. The topological polar surface area (TPSA) is 36.9 Å². The summed E-state index contributed by atoms with van der Waals surface area (Å²) in [5.74, 6) is 0. The van der Waals surface area contributed by atoms with Gasteiger partial charge in [0.05, 0.1) is 0 Å². The molecule has 0 unspecified atom stereocenters. The maximum atomic E-state index is 8.05. The highest BCUT2D eigenvalue weighted by molar-refractivity contribution is 7.11. The van der Waals surface area contributed by atoms with Crippen LogP contribution in [0.5, 0.6) is 0 Å². The molecule has 0 heterocycles. The van der Waals surface area contributed by atoms with Crippen LogP contribution in [-0.4, -0.2) is 58.5 Å². The van der Waals surface area contributed by atoms with E-state index in [2.05, 4.69) is 295 Å². The van der Waals surface area contributed by atoms with Crippen molar-refractivity contribution in [2.75, 3.05) is 0 Å². The lowest BCUT2D eigenvalue weighted by Crippen LogP contribution is -2.72. The zero-order valence-corrected chi connectivity index (χ0v) is 50.1. The zero-order chi connectivity index (χ0) is 50.1. The molecule has 0 amide bonds. The third kappa shape index (κ3) is 12.3. The summed E-state index contributed by atoms with van der Waals surface area (Å²) in [5.41, 5.74) is 0. The second kappa shape index (κ2) is 22.5. The van der Waals surface area contributed by atoms with Crippen molar-refractivity contribution in [3.8, 4) is 0 Å². The van der Waals surface area contributed by atoms with E-state index in [0.717, 1.165) is 24.2 Å². The molecule has 11 heteroatoms. The van der Waals surface area contributed by atoms with E-state index in [0.29, 0.717) is 0 Å². The van der Waals surface area contributed by atoms with Gasteiger partial charge in [-0.1, -0.05) is 243 Å². The van der Waals surface area contributed by atoms with Crippen LogP contribution >= 0.6 is 0 Å². The Hall–Kier alpha value is -4.88. The Morgan fingerprint density at radius 2 is 0.366 bits per heavy atom. The lowest BCUT2D eigenvalue weighted by Gasteiger charge is -2.45. The standard InChI is InChI=1S/C60H72O4Si7/c1-65(2,61-69(53-33-17-9-18-34-53,54-35-19-10-20-36-54)55-37-21-11-22-38-55)49-51-67(5,6)63-71(59-45-29-15-30-46-59,60-47-31-16-32-48-60)64-68(7,8)52-50-66(3,4)62-70(56-39-23-12-24-40-56,57-41-25-13-26-42-57)58-43-27-14-28-44-58/h9-48H,49-52H2,1-8H3. The van der Waals surface area contributed by atoms with Crippen LogP contribution in [0.4, 0.5) is 0 Å². The molecule has 0 aromatic heterocycles. The smallest absolute Gasteiger partial charge is 0.386 e. The zero-order valence-electron chi connectivity index (χ0n) is 43.1. The fraction of sp³-hybridized carbons (Fsp3) is 0.200. The number of hydrogen-bond acceptors (Lipinski definition) is 4. The highest BCUT2D eigenvalue weighted by atomic mass is 28.5. The molecule has 8 rings (SSSR count). The Kier molecular flexibility index (Phi) is 16.6. The monoisotopic (exact) mass is 1050 g/mol. The largest absolute Gasteiger partial charge is 0.446 e. The summed E-state index contributed by atoms with van der Waals surface area (Å²) < 4.78 is 32.0. The molecule has 4 nitrogen and oxygen atoms in total. The van der Waals surface area contributed by atoms with E-state index < -0.39 is 58.5 Å². The van der Waals surface area contributed by atoms with Gasteiger partial charge < -0.3 is 16.5 Å². The first-order chi connectivity index (χ1) is 34.1. The van der Waals surface area contributed by atoms with Gasteiger partial charge in [-0.05, 0) is 118 Å². The van der Waals surface area contributed by atoms with E-state index in [9.17, 15) is 0 Å². The maximum Gasteiger partial charge on any atom is 0.386 e. The van der Waals surface area contributed by atoms with Gasteiger partial charge in [0.2, 0.25) is 0 Å². The predicted molar refractivity (Wildman–Crippen MR) is 319 cm³/mol. The van der Waals surface area contributed by atoms with Crippen molar-refractivity contribution >= 4 is 100.0 Å². The average Bonchev–Trinajstić information content (AvgIpc) is 3.40. The number of benzene rings is 8. The molecule has 0 fully saturated rings. The SMILES string of the molecule is C[Si](C)(CC[Si](C)(C)O[Si](c1ccccc1)(c1ccccc1)c1ccccc1)O[Si](O[Si](C)(C)CC[Si](C)(C)O[Si](c1ccccc1)(c1ccccc1)c1ccccc1)(c1ccccc1)c1ccccc1. The summed E-state index contributed by atoms with van der Waals surface area (Å²) >= 11 is 0. The molecule has 0 bridgehead atoms. The molecule has 0 spiro atoms. The van der Waals surface area contributed by atoms with E-state index in [4.69, 9.17) is 16.5 Å². The predicted octanol–water partition coefficient (Wildman–Crippen LogP) is 10.5. The molecule has 0 radical (unpaired) electrons. The second-order valence-electron chi connectivity index (χ2n) is 21.4. The van der Waals surface area contributed by atoms with Crippen LogP contribution in [0, 0.1) is 0 Å². The summed E-state index contributed by atoms with van der Waals surface area (Å²) in [6.07, 6.45) is 0. The van der Waals surface area contributed by atoms with Crippen LogP contribution in [0.1, 0.15) is 0 Å². The molecular formula is C60H72O4Si7.